The maximum Gasteiger partial charge on any atom is 0.342 e. The highest BCUT2D eigenvalue weighted by Gasteiger charge is 2.15. The highest BCUT2D eigenvalue weighted by atomic mass is 35.5. The van der Waals surface area contributed by atoms with E-state index >= 15 is 0 Å². The molecule has 0 aliphatic heterocycles. The van der Waals surface area contributed by atoms with Gasteiger partial charge in [0.15, 0.2) is 0 Å². The molecule has 0 spiro atoms. The van der Waals surface area contributed by atoms with Crippen molar-refractivity contribution in [3.63, 3.8) is 0 Å². The van der Waals surface area contributed by atoms with E-state index in [1.165, 1.54) is 6.08 Å². The fourth-order valence-corrected chi connectivity index (χ4v) is 2.79. The summed E-state index contributed by atoms with van der Waals surface area (Å²) in [7, 11) is 0. The second-order valence-electron chi connectivity index (χ2n) is 4.72. The lowest BCUT2D eigenvalue weighted by molar-refractivity contribution is -0.131. The second-order valence-corrected chi connectivity index (χ2v) is 6.14. The Bertz CT molecular complexity index is 916. The summed E-state index contributed by atoms with van der Waals surface area (Å²) in [5.41, 5.74) is 0.805. The summed E-state index contributed by atoms with van der Waals surface area (Å²) in [6, 6.07) is 10.6. The number of nitrogens with zero attached hydrogens (tertiary/aromatic N) is 2. The summed E-state index contributed by atoms with van der Waals surface area (Å²) in [6.45, 7) is 1.63. The molecule has 2 aromatic heterocycles. The van der Waals surface area contributed by atoms with E-state index in [4.69, 9.17) is 20.4 Å². The zero-order valence-electron chi connectivity index (χ0n) is 12.4. The van der Waals surface area contributed by atoms with Gasteiger partial charge in [-0.05, 0) is 36.0 Å². The van der Waals surface area contributed by atoms with Crippen molar-refractivity contribution >= 4 is 35.4 Å². The largest absolute Gasteiger partial charge is 0.477 e. The molecule has 0 radical (unpaired) electrons. The van der Waals surface area contributed by atoms with Crippen molar-refractivity contribution in [1.82, 2.24) is 10.2 Å². The number of carbonyl (C=O) groups is 1. The van der Waals surface area contributed by atoms with Gasteiger partial charge in [-0.1, -0.05) is 23.7 Å². The molecule has 2 heterocycles. The molecule has 0 atom stereocenters. The molecule has 1 N–H and O–H groups in total. The number of hydrogen-bond donors (Lipinski definition) is 1. The number of hydrogen-bond acceptors (Lipinski definition) is 6. The summed E-state index contributed by atoms with van der Waals surface area (Å²) in [5, 5.41) is 17.5. The van der Waals surface area contributed by atoms with Crippen LogP contribution < -0.4 is 0 Å². The van der Waals surface area contributed by atoms with Crippen LogP contribution >= 0.6 is 23.4 Å². The van der Waals surface area contributed by atoms with Crippen LogP contribution in [0.25, 0.3) is 17.4 Å². The molecule has 1 aromatic carbocycles. The van der Waals surface area contributed by atoms with E-state index in [1.54, 1.807) is 31.2 Å². The van der Waals surface area contributed by atoms with Gasteiger partial charge in [0.2, 0.25) is 5.89 Å². The Balaban J connectivity index is 1.86. The van der Waals surface area contributed by atoms with Gasteiger partial charge >= 0.3 is 5.97 Å². The Labute approximate surface area is 146 Å². The molecule has 3 rings (SSSR count). The van der Waals surface area contributed by atoms with Gasteiger partial charge in [-0.25, -0.2) is 4.79 Å². The van der Waals surface area contributed by atoms with Gasteiger partial charge < -0.3 is 13.9 Å². The Morgan fingerprint density at radius 1 is 1.25 bits per heavy atom. The first-order chi connectivity index (χ1) is 11.5. The van der Waals surface area contributed by atoms with Crippen LogP contribution in [0.3, 0.4) is 0 Å². The van der Waals surface area contributed by atoms with Gasteiger partial charge in [0.05, 0.1) is 0 Å². The van der Waals surface area contributed by atoms with Gasteiger partial charge in [-0.2, -0.15) is 0 Å². The second kappa shape index (κ2) is 6.94. The number of aliphatic carboxylic acids is 1. The zero-order valence-corrected chi connectivity index (χ0v) is 14.0. The summed E-state index contributed by atoms with van der Waals surface area (Å²) < 4.78 is 10.9. The lowest BCUT2D eigenvalue weighted by Gasteiger charge is -1.98. The van der Waals surface area contributed by atoms with Crippen molar-refractivity contribution in [2.45, 2.75) is 12.1 Å². The molecule has 3 aromatic rings. The van der Waals surface area contributed by atoms with Crippen molar-refractivity contribution in [3.8, 4) is 11.3 Å². The van der Waals surface area contributed by atoms with Crippen LogP contribution in [-0.2, 0) is 4.79 Å². The summed E-state index contributed by atoms with van der Waals surface area (Å²) >= 11 is 6.82. The Hall–Kier alpha value is -2.51. The highest BCUT2D eigenvalue weighted by molar-refractivity contribution is 8.03. The molecule has 24 heavy (non-hydrogen) atoms. The molecule has 0 aliphatic carbocycles. The van der Waals surface area contributed by atoms with Gasteiger partial charge in [0.1, 0.15) is 16.4 Å². The number of rotatable bonds is 5. The van der Waals surface area contributed by atoms with Crippen LogP contribution in [0.2, 0.25) is 5.02 Å². The van der Waals surface area contributed by atoms with Gasteiger partial charge in [-0.15, -0.1) is 10.2 Å². The van der Waals surface area contributed by atoms with E-state index in [-0.39, 0.29) is 10.1 Å². The smallest absolute Gasteiger partial charge is 0.342 e. The quantitative estimate of drug-likeness (QED) is 0.527. The first-order valence-electron chi connectivity index (χ1n) is 6.80. The van der Waals surface area contributed by atoms with Crippen molar-refractivity contribution in [1.29, 1.82) is 0 Å². The molecule has 0 unspecified atom stereocenters. The molecule has 122 valence electrons. The Morgan fingerprint density at radius 3 is 2.75 bits per heavy atom. The first-order valence-corrected chi connectivity index (χ1v) is 7.99. The average Bonchev–Trinajstić information content (AvgIpc) is 3.16. The van der Waals surface area contributed by atoms with E-state index < -0.39 is 5.97 Å². The van der Waals surface area contributed by atoms with E-state index in [2.05, 4.69) is 10.2 Å². The summed E-state index contributed by atoms with van der Waals surface area (Å²) in [6.07, 6.45) is 1.40. The minimum absolute atomic E-state index is 0.00523. The van der Waals surface area contributed by atoms with E-state index in [0.717, 1.165) is 17.3 Å². The standard InChI is InChI=1S/C16H11ClN2O4S/c1-9-18-19-16(22-9)24-14(15(20)21)8-12-5-6-13(23-12)10-3-2-4-11(17)7-10/h2-8H,1H3,(H,20,21)/b14-8-. The monoisotopic (exact) mass is 362 g/mol. The first kappa shape index (κ1) is 16.4. The fourth-order valence-electron chi connectivity index (χ4n) is 1.91. The van der Waals surface area contributed by atoms with Crippen LogP contribution in [0.4, 0.5) is 0 Å². The molecule has 0 amide bonds. The molecule has 6 nitrogen and oxygen atoms in total. The van der Waals surface area contributed by atoms with Crippen molar-refractivity contribution < 1.29 is 18.7 Å². The fraction of sp³-hybridized carbons (Fsp3) is 0.0625. The normalized spacial score (nSPS) is 11.7. The number of carboxylic acid groups (broad SMARTS) is 1. The Morgan fingerprint density at radius 2 is 2.08 bits per heavy atom. The van der Waals surface area contributed by atoms with Crippen LogP contribution in [-0.4, -0.2) is 21.3 Å². The van der Waals surface area contributed by atoms with Gasteiger partial charge in [-0.3, -0.25) is 0 Å². The highest BCUT2D eigenvalue weighted by Crippen LogP contribution is 2.30. The van der Waals surface area contributed by atoms with Crippen LogP contribution in [0.1, 0.15) is 11.7 Å². The number of thioether (sulfide) groups is 1. The minimum Gasteiger partial charge on any atom is -0.477 e. The average molecular weight is 363 g/mol. The topological polar surface area (TPSA) is 89.4 Å². The molecule has 0 bridgehead atoms. The molecule has 0 fully saturated rings. The third kappa shape index (κ3) is 3.87. The molecule has 8 heteroatoms. The van der Waals surface area contributed by atoms with Crippen molar-refractivity contribution in [2.24, 2.45) is 0 Å². The molecular formula is C16H11ClN2O4S. The number of halogens is 1. The van der Waals surface area contributed by atoms with E-state index in [0.29, 0.717) is 22.4 Å². The minimum atomic E-state index is -1.11. The third-order valence-corrected chi connectivity index (χ3v) is 4.01. The molecule has 0 saturated carbocycles. The number of carboxylic acids is 1. The predicted molar refractivity (Wildman–Crippen MR) is 89.7 cm³/mol. The van der Waals surface area contributed by atoms with Gasteiger partial charge in [0.25, 0.3) is 5.22 Å². The van der Waals surface area contributed by atoms with Crippen LogP contribution in [0, 0.1) is 6.92 Å². The van der Waals surface area contributed by atoms with Crippen LogP contribution in [0.5, 0.6) is 0 Å². The van der Waals surface area contributed by atoms with E-state index in [1.807, 2.05) is 12.1 Å². The third-order valence-electron chi connectivity index (χ3n) is 2.92. The van der Waals surface area contributed by atoms with Crippen molar-refractivity contribution in [3.05, 3.63) is 58.0 Å². The number of aromatic nitrogens is 2. The molecule has 0 saturated heterocycles. The SMILES string of the molecule is Cc1nnc(S/C(=C\c2ccc(-c3cccc(Cl)c3)o2)C(=O)O)o1. The van der Waals surface area contributed by atoms with Crippen LogP contribution in [0.15, 0.2) is 55.4 Å². The number of benzene rings is 1. The lowest BCUT2D eigenvalue weighted by atomic mass is 10.2. The van der Waals surface area contributed by atoms with E-state index in [9.17, 15) is 9.90 Å². The van der Waals surface area contributed by atoms with Gasteiger partial charge in [0, 0.05) is 23.6 Å². The molecular weight excluding hydrogens is 352 g/mol. The van der Waals surface area contributed by atoms with Crippen molar-refractivity contribution in [2.75, 3.05) is 0 Å². The maximum absolute atomic E-state index is 11.4. The lowest BCUT2D eigenvalue weighted by Crippen LogP contribution is -1.96. The predicted octanol–water partition coefficient (Wildman–Crippen LogP) is 4.51. The number of furan rings is 1. The number of aryl methyl sites for hydroxylation is 1. The zero-order chi connectivity index (χ0) is 17.1. The summed E-state index contributed by atoms with van der Waals surface area (Å²) in [5.74, 6) is 0.235. The Kier molecular flexibility index (Phi) is 4.73. The summed E-state index contributed by atoms with van der Waals surface area (Å²) in [4.78, 5) is 11.4. The maximum atomic E-state index is 11.4. The molecule has 0 aliphatic rings.